The fourth-order valence-corrected chi connectivity index (χ4v) is 1.32. The van der Waals surface area contributed by atoms with Crippen LogP contribution in [0.25, 0.3) is 0 Å². The number of nitrogens with two attached hydrogens (primary N) is 1. The van der Waals surface area contributed by atoms with Crippen molar-refractivity contribution in [2.75, 3.05) is 6.54 Å². The predicted molar refractivity (Wildman–Crippen MR) is 42.0 cm³/mol. The summed E-state index contributed by atoms with van der Waals surface area (Å²) in [6.45, 7) is 0.712. The molecule has 0 bridgehead atoms. The van der Waals surface area contributed by atoms with Crippen LogP contribution in [0, 0.1) is 0 Å². The maximum absolute atomic E-state index is 5.64. The Morgan fingerprint density at radius 1 is 1.55 bits per heavy atom. The topological polar surface area (TPSA) is 51.8 Å². The Hall–Kier alpha value is -0.960. The highest BCUT2D eigenvalue weighted by Crippen LogP contribution is 2.45. The quantitative estimate of drug-likeness (QED) is 0.665. The molecular weight excluding hydrogens is 138 g/mol. The monoisotopic (exact) mass is 149 g/mol. The lowest BCUT2D eigenvalue weighted by Crippen LogP contribution is -2.20. The molecular formula is C8H11N3. The lowest BCUT2D eigenvalue weighted by molar-refractivity contribution is 0.675. The van der Waals surface area contributed by atoms with Gasteiger partial charge in [0.25, 0.3) is 0 Å². The third-order valence-corrected chi connectivity index (χ3v) is 2.37. The van der Waals surface area contributed by atoms with Gasteiger partial charge in [-0.1, -0.05) is 0 Å². The molecule has 1 aliphatic rings. The summed E-state index contributed by atoms with van der Waals surface area (Å²) < 4.78 is 0. The highest BCUT2D eigenvalue weighted by Gasteiger charge is 2.44. The molecule has 2 rings (SSSR count). The first-order valence-corrected chi connectivity index (χ1v) is 3.84. The fraction of sp³-hybridized carbons (Fsp3) is 0.500. The molecule has 1 aromatic heterocycles. The van der Waals surface area contributed by atoms with E-state index in [1.807, 2.05) is 6.07 Å². The summed E-state index contributed by atoms with van der Waals surface area (Å²) in [4.78, 5) is 8.06. The van der Waals surface area contributed by atoms with Crippen LogP contribution in [0.15, 0.2) is 18.6 Å². The number of aromatic nitrogens is 2. The Morgan fingerprint density at radius 2 is 2.36 bits per heavy atom. The molecule has 1 fully saturated rings. The number of hydrogen-bond donors (Lipinski definition) is 1. The minimum Gasteiger partial charge on any atom is -0.330 e. The first-order valence-electron chi connectivity index (χ1n) is 3.84. The third kappa shape index (κ3) is 1.01. The Balaban J connectivity index is 2.30. The summed E-state index contributed by atoms with van der Waals surface area (Å²) in [5, 5.41) is 0. The van der Waals surface area contributed by atoms with Crippen LogP contribution >= 0.6 is 0 Å². The lowest BCUT2D eigenvalue weighted by Gasteiger charge is -2.09. The van der Waals surface area contributed by atoms with Crippen molar-refractivity contribution < 1.29 is 0 Å². The molecule has 3 nitrogen and oxygen atoms in total. The Bertz CT molecular complexity index is 241. The number of rotatable bonds is 2. The highest BCUT2D eigenvalue weighted by atomic mass is 14.9. The average Bonchev–Trinajstić information content (AvgIpc) is 2.86. The first-order chi connectivity index (χ1) is 5.37. The largest absolute Gasteiger partial charge is 0.330 e. The molecule has 0 atom stereocenters. The first kappa shape index (κ1) is 6.73. The number of nitrogens with zero attached hydrogens (tertiary/aromatic N) is 2. The van der Waals surface area contributed by atoms with Crippen molar-refractivity contribution in [3.63, 3.8) is 0 Å². The molecule has 0 spiro atoms. The predicted octanol–water partition coefficient (Wildman–Crippen LogP) is 0.467. The molecule has 0 aromatic carbocycles. The van der Waals surface area contributed by atoms with E-state index in [4.69, 9.17) is 5.73 Å². The minimum atomic E-state index is 0.211. The zero-order valence-corrected chi connectivity index (χ0v) is 6.33. The van der Waals surface area contributed by atoms with Crippen molar-refractivity contribution in [2.24, 2.45) is 5.73 Å². The van der Waals surface area contributed by atoms with Gasteiger partial charge in [-0.05, 0) is 18.9 Å². The van der Waals surface area contributed by atoms with Gasteiger partial charge in [-0.2, -0.15) is 0 Å². The Labute approximate surface area is 65.7 Å². The second-order valence-corrected chi connectivity index (χ2v) is 3.08. The molecule has 0 saturated heterocycles. The smallest absolute Gasteiger partial charge is 0.115 e. The van der Waals surface area contributed by atoms with Crippen LogP contribution in [0.2, 0.25) is 0 Å². The van der Waals surface area contributed by atoms with Gasteiger partial charge < -0.3 is 5.73 Å². The van der Waals surface area contributed by atoms with E-state index in [1.54, 1.807) is 12.5 Å². The van der Waals surface area contributed by atoms with Gasteiger partial charge in [-0.3, -0.25) is 0 Å². The van der Waals surface area contributed by atoms with Gasteiger partial charge in [0.05, 0.1) is 5.69 Å². The molecule has 58 valence electrons. The Morgan fingerprint density at radius 3 is 2.82 bits per heavy atom. The van der Waals surface area contributed by atoms with E-state index in [9.17, 15) is 0 Å². The van der Waals surface area contributed by atoms with E-state index in [-0.39, 0.29) is 5.41 Å². The van der Waals surface area contributed by atoms with Gasteiger partial charge in [0.2, 0.25) is 0 Å². The molecule has 1 heterocycles. The van der Waals surface area contributed by atoms with Gasteiger partial charge in [0.15, 0.2) is 0 Å². The summed E-state index contributed by atoms with van der Waals surface area (Å²) in [5.74, 6) is 0. The van der Waals surface area contributed by atoms with Crippen LogP contribution in [0.4, 0.5) is 0 Å². The second-order valence-electron chi connectivity index (χ2n) is 3.08. The zero-order chi connectivity index (χ0) is 7.73. The van der Waals surface area contributed by atoms with Crippen LogP contribution in [0.5, 0.6) is 0 Å². The second kappa shape index (κ2) is 2.27. The standard InChI is InChI=1S/C8H11N3/c9-5-8(2-3-8)7-1-4-10-6-11-7/h1,4,6H,2-3,5,9H2. The van der Waals surface area contributed by atoms with Gasteiger partial charge in [-0.15, -0.1) is 0 Å². The van der Waals surface area contributed by atoms with Crippen LogP contribution in [-0.4, -0.2) is 16.5 Å². The molecule has 0 radical (unpaired) electrons. The number of hydrogen-bond acceptors (Lipinski definition) is 3. The zero-order valence-electron chi connectivity index (χ0n) is 6.33. The van der Waals surface area contributed by atoms with Crippen molar-refractivity contribution in [1.29, 1.82) is 0 Å². The highest BCUT2D eigenvalue weighted by molar-refractivity contribution is 5.23. The summed E-state index contributed by atoms with van der Waals surface area (Å²) in [5.41, 5.74) is 6.96. The minimum absolute atomic E-state index is 0.211. The molecule has 1 aliphatic carbocycles. The van der Waals surface area contributed by atoms with Gasteiger partial charge in [0.1, 0.15) is 6.33 Å². The van der Waals surface area contributed by atoms with Gasteiger partial charge >= 0.3 is 0 Å². The fourth-order valence-electron chi connectivity index (χ4n) is 1.32. The lowest BCUT2D eigenvalue weighted by atomic mass is 10.0. The molecule has 1 aromatic rings. The molecule has 3 heteroatoms. The third-order valence-electron chi connectivity index (χ3n) is 2.37. The molecule has 2 N–H and O–H groups in total. The normalized spacial score (nSPS) is 19.7. The van der Waals surface area contributed by atoms with Gasteiger partial charge in [0, 0.05) is 18.2 Å². The van der Waals surface area contributed by atoms with Crippen LogP contribution < -0.4 is 5.73 Å². The molecule has 0 unspecified atom stereocenters. The maximum Gasteiger partial charge on any atom is 0.115 e. The van der Waals surface area contributed by atoms with E-state index >= 15 is 0 Å². The van der Waals surface area contributed by atoms with Crippen LogP contribution in [0.3, 0.4) is 0 Å². The molecule has 0 amide bonds. The van der Waals surface area contributed by atoms with E-state index in [0.717, 1.165) is 5.69 Å². The maximum atomic E-state index is 5.64. The van der Waals surface area contributed by atoms with Crippen molar-refractivity contribution in [1.82, 2.24) is 9.97 Å². The van der Waals surface area contributed by atoms with Crippen molar-refractivity contribution >= 4 is 0 Å². The van der Waals surface area contributed by atoms with E-state index < -0.39 is 0 Å². The average molecular weight is 149 g/mol. The SMILES string of the molecule is NCC1(c2ccncn2)CC1. The van der Waals surface area contributed by atoms with Crippen LogP contribution in [-0.2, 0) is 5.41 Å². The summed E-state index contributed by atoms with van der Waals surface area (Å²) in [7, 11) is 0. The summed E-state index contributed by atoms with van der Waals surface area (Å²) in [6.07, 6.45) is 5.73. The molecule has 1 saturated carbocycles. The molecule has 0 aliphatic heterocycles. The van der Waals surface area contributed by atoms with E-state index in [0.29, 0.717) is 6.54 Å². The summed E-state index contributed by atoms with van der Waals surface area (Å²) >= 11 is 0. The van der Waals surface area contributed by atoms with Crippen molar-refractivity contribution in [3.05, 3.63) is 24.3 Å². The summed E-state index contributed by atoms with van der Waals surface area (Å²) in [6, 6.07) is 1.96. The van der Waals surface area contributed by atoms with E-state index in [1.165, 1.54) is 12.8 Å². The van der Waals surface area contributed by atoms with Crippen LogP contribution in [0.1, 0.15) is 18.5 Å². The Kier molecular flexibility index (Phi) is 1.39. The molecule has 11 heavy (non-hydrogen) atoms. The van der Waals surface area contributed by atoms with E-state index in [2.05, 4.69) is 9.97 Å². The van der Waals surface area contributed by atoms with Gasteiger partial charge in [-0.25, -0.2) is 9.97 Å². The van der Waals surface area contributed by atoms with Crippen molar-refractivity contribution in [2.45, 2.75) is 18.3 Å². The van der Waals surface area contributed by atoms with Crippen molar-refractivity contribution in [3.8, 4) is 0 Å².